The first-order valence-corrected chi connectivity index (χ1v) is 5.09. The van der Waals surface area contributed by atoms with Crippen LogP contribution in [0.5, 0.6) is 5.75 Å². The van der Waals surface area contributed by atoms with Gasteiger partial charge in [0.25, 0.3) is 0 Å². The van der Waals surface area contributed by atoms with Crippen LogP contribution in [0.1, 0.15) is 31.9 Å². The molecule has 3 nitrogen and oxygen atoms in total. The van der Waals surface area contributed by atoms with E-state index in [9.17, 15) is 0 Å². The Morgan fingerprint density at radius 1 is 1.53 bits per heavy atom. The van der Waals surface area contributed by atoms with E-state index in [1.54, 1.807) is 0 Å². The molecular formula is C12H16N2O. The van der Waals surface area contributed by atoms with E-state index in [2.05, 4.69) is 6.07 Å². The Balaban J connectivity index is 2.78. The average molecular weight is 204 g/mol. The van der Waals surface area contributed by atoms with Crippen molar-refractivity contribution in [2.45, 2.75) is 32.4 Å². The number of ether oxygens (including phenoxy) is 1. The number of hydrogen-bond donors (Lipinski definition) is 1. The van der Waals surface area contributed by atoms with E-state index >= 15 is 0 Å². The van der Waals surface area contributed by atoms with Gasteiger partial charge in [-0.3, -0.25) is 0 Å². The van der Waals surface area contributed by atoms with Crippen molar-refractivity contribution in [2.24, 2.45) is 5.73 Å². The summed E-state index contributed by atoms with van der Waals surface area (Å²) in [4.78, 5) is 0. The van der Waals surface area contributed by atoms with Crippen molar-refractivity contribution in [3.63, 3.8) is 0 Å². The fraction of sp³-hybridized carbons (Fsp3) is 0.417. The van der Waals surface area contributed by atoms with Gasteiger partial charge in [0, 0.05) is 6.04 Å². The van der Waals surface area contributed by atoms with Gasteiger partial charge in [-0.15, -0.1) is 0 Å². The van der Waals surface area contributed by atoms with E-state index in [1.165, 1.54) is 0 Å². The number of nitrogens with two attached hydrogens (primary N) is 1. The quantitative estimate of drug-likeness (QED) is 0.819. The predicted octanol–water partition coefficient (Wildman–Crippen LogP) is 2.39. The molecule has 1 aromatic rings. The maximum absolute atomic E-state index is 8.77. The van der Waals surface area contributed by atoms with Crippen LogP contribution in [0.15, 0.2) is 24.3 Å². The third-order valence-corrected chi connectivity index (χ3v) is 2.18. The zero-order chi connectivity index (χ0) is 11.3. The SMILES string of the molecule is CCC(C#N)Oc1cccc([C@@H](C)N)c1. The monoisotopic (exact) mass is 204 g/mol. The fourth-order valence-electron chi connectivity index (χ4n) is 1.24. The summed E-state index contributed by atoms with van der Waals surface area (Å²) in [7, 11) is 0. The lowest BCUT2D eigenvalue weighted by molar-refractivity contribution is 0.251. The second kappa shape index (κ2) is 5.38. The molecule has 0 aliphatic carbocycles. The van der Waals surface area contributed by atoms with E-state index < -0.39 is 0 Å². The average Bonchev–Trinajstić information content (AvgIpc) is 2.26. The molecule has 1 unspecified atom stereocenters. The van der Waals surface area contributed by atoms with E-state index in [1.807, 2.05) is 38.1 Å². The summed E-state index contributed by atoms with van der Waals surface area (Å²) < 4.78 is 5.49. The van der Waals surface area contributed by atoms with Crippen molar-refractivity contribution in [2.75, 3.05) is 0 Å². The summed E-state index contributed by atoms with van der Waals surface area (Å²) in [5.41, 5.74) is 6.77. The van der Waals surface area contributed by atoms with Crippen molar-refractivity contribution in [3.8, 4) is 11.8 Å². The number of benzene rings is 1. The first-order valence-electron chi connectivity index (χ1n) is 5.09. The Morgan fingerprint density at radius 3 is 2.80 bits per heavy atom. The molecule has 2 N–H and O–H groups in total. The molecule has 0 amide bonds. The first-order chi connectivity index (χ1) is 7.17. The van der Waals surface area contributed by atoms with Crippen molar-refractivity contribution < 1.29 is 4.74 Å². The Bertz CT molecular complexity index is 355. The van der Waals surface area contributed by atoms with Crippen LogP contribution in [0.3, 0.4) is 0 Å². The van der Waals surface area contributed by atoms with Crippen LogP contribution in [0.4, 0.5) is 0 Å². The smallest absolute Gasteiger partial charge is 0.184 e. The first kappa shape index (κ1) is 11.5. The number of nitrogens with zero attached hydrogens (tertiary/aromatic N) is 1. The van der Waals surface area contributed by atoms with Gasteiger partial charge in [-0.25, -0.2) is 0 Å². The van der Waals surface area contributed by atoms with Gasteiger partial charge in [-0.1, -0.05) is 19.1 Å². The molecule has 0 aliphatic heterocycles. The molecule has 0 aromatic heterocycles. The minimum atomic E-state index is -0.381. The van der Waals surface area contributed by atoms with Gasteiger partial charge in [-0.2, -0.15) is 5.26 Å². The molecule has 15 heavy (non-hydrogen) atoms. The molecule has 0 radical (unpaired) electrons. The summed E-state index contributed by atoms with van der Waals surface area (Å²) in [6, 6.07) is 9.63. The zero-order valence-corrected chi connectivity index (χ0v) is 9.10. The third kappa shape index (κ3) is 3.26. The van der Waals surface area contributed by atoms with Crippen LogP contribution in [0, 0.1) is 11.3 Å². The molecule has 0 fully saturated rings. The van der Waals surface area contributed by atoms with E-state index in [0.29, 0.717) is 12.2 Å². The molecule has 0 spiro atoms. The molecule has 0 bridgehead atoms. The van der Waals surface area contributed by atoms with Gasteiger partial charge in [0.05, 0.1) is 0 Å². The lowest BCUT2D eigenvalue weighted by atomic mass is 10.1. The maximum Gasteiger partial charge on any atom is 0.184 e. The van der Waals surface area contributed by atoms with E-state index in [-0.39, 0.29) is 12.1 Å². The number of hydrogen-bond acceptors (Lipinski definition) is 3. The Morgan fingerprint density at radius 2 is 2.27 bits per heavy atom. The topological polar surface area (TPSA) is 59.0 Å². The third-order valence-electron chi connectivity index (χ3n) is 2.18. The highest BCUT2D eigenvalue weighted by Gasteiger charge is 2.07. The van der Waals surface area contributed by atoms with Gasteiger partial charge in [0.1, 0.15) is 11.8 Å². The molecule has 0 heterocycles. The Kier molecular flexibility index (Phi) is 4.14. The lowest BCUT2D eigenvalue weighted by Gasteiger charge is -2.12. The standard InChI is InChI=1S/C12H16N2O/c1-3-11(8-13)15-12-6-4-5-10(7-12)9(2)14/h4-7,9,11H,3,14H2,1-2H3/t9-,11?/m1/s1. The second-order valence-electron chi connectivity index (χ2n) is 3.51. The molecule has 2 atom stereocenters. The van der Waals surface area contributed by atoms with Crippen LogP contribution < -0.4 is 10.5 Å². The predicted molar refractivity (Wildman–Crippen MR) is 59.4 cm³/mol. The Labute approximate surface area is 90.5 Å². The van der Waals surface area contributed by atoms with Crippen LogP contribution >= 0.6 is 0 Å². The summed E-state index contributed by atoms with van der Waals surface area (Å²) in [5.74, 6) is 0.707. The molecule has 0 saturated heterocycles. The molecule has 80 valence electrons. The molecule has 3 heteroatoms. The minimum absolute atomic E-state index is 0.0179. The zero-order valence-electron chi connectivity index (χ0n) is 9.10. The van der Waals surface area contributed by atoms with Crippen LogP contribution in [-0.2, 0) is 0 Å². The highest BCUT2D eigenvalue weighted by molar-refractivity contribution is 5.30. The van der Waals surface area contributed by atoms with Crippen molar-refractivity contribution >= 4 is 0 Å². The van der Waals surface area contributed by atoms with Crippen molar-refractivity contribution in [1.29, 1.82) is 5.26 Å². The van der Waals surface area contributed by atoms with E-state index in [0.717, 1.165) is 5.56 Å². The van der Waals surface area contributed by atoms with Gasteiger partial charge in [0.15, 0.2) is 6.10 Å². The lowest BCUT2D eigenvalue weighted by Crippen LogP contribution is -2.12. The highest BCUT2D eigenvalue weighted by Crippen LogP contribution is 2.19. The molecule has 0 saturated carbocycles. The molecular weight excluding hydrogens is 188 g/mol. The van der Waals surface area contributed by atoms with E-state index in [4.69, 9.17) is 15.7 Å². The maximum atomic E-state index is 8.77. The van der Waals surface area contributed by atoms with Crippen LogP contribution in [0.25, 0.3) is 0 Å². The Hall–Kier alpha value is -1.53. The summed E-state index contributed by atoms with van der Waals surface area (Å²) in [6.45, 7) is 3.84. The normalized spacial score (nSPS) is 14.0. The van der Waals surface area contributed by atoms with Crippen LogP contribution in [0.2, 0.25) is 0 Å². The van der Waals surface area contributed by atoms with Gasteiger partial charge in [-0.05, 0) is 31.0 Å². The molecule has 0 aliphatic rings. The largest absolute Gasteiger partial charge is 0.476 e. The van der Waals surface area contributed by atoms with Crippen LogP contribution in [-0.4, -0.2) is 6.10 Å². The summed E-state index contributed by atoms with van der Waals surface area (Å²) >= 11 is 0. The van der Waals surface area contributed by atoms with Crippen molar-refractivity contribution in [3.05, 3.63) is 29.8 Å². The summed E-state index contributed by atoms with van der Waals surface area (Å²) in [5, 5.41) is 8.77. The minimum Gasteiger partial charge on any atom is -0.476 e. The molecule has 1 rings (SSSR count). The second-order valence-corrected chi connectivity index (χ2v) is 3.51. The molecule has 1 aromatic carbocycles. The van der Waals surface area contributed by atoms with Gasteiger partial charge in [0.2, 0.25) is 0 Å². The number of nitriles is 1. The highest BCUT2D eigenvalue weighted by atomic mass is 16.5. The number of rotatable bonds is 4. The fourth-order valence-corrected chi connectivity index (χ4v) is 1.24. The van der Waals surface area contributed by atoms with Gasteiger partial charge >= 0.3 is 0 Å². The summed E-state index contributed by atoms with van der Waals surface area (Å²) in [6.07, 6.45) is 0.298. The van der Waals surface area contributed by atoms with Crippen molar-refractivity contribution in [1.82, 2.24) is 0 Å². The van der Waals surface area contributed by atoms with Gasteiger partial charge < -0.3 is 10.5 Å².